The van der Waals surface area contributed by atoms with Gasteiger partial charge in [0.2, 0.25) is 11.8 Å². The Bertz CT molecular complexity index is 1890. The smallest absolute Gasteiger partial charge is 0.444 e. The molecule has 4 rings (SSSR count). The molecule has 0 heterocycles. The van der Waals surface area contributed by atoms with Gasteiger partial charge in [0.25, 0.3) is 5.78 Å². The van der Waals surface area contributed by atoms with Crippen LogP contribution < -0.4 is 27.4 Å². The molecule has 0 saturated heterocycles. The third-order valence-corrected chi connectivity index (χ3v) is 7.49. The van der Waals surface area contributed by atoms with E-state index in [1.54, 1.807) is 81.4 Å². The highest BCUT2D eigenvalue weighted by Crippen LogP contribution is 2.24. The molecular weight excluding hydrogens is 665 g/mol. The van der Waals surface area contributed by atoms with Crippen LogP contribution in [0.5, 0.6) is 0 Å². The average Bonchev–Trinajstić information content (AvgIpc) is 3.05. The SMILES string of the molecule is CC(C)(C)OC(=O)N[C@H](Cc1ccccc1)C(=O)N[C@H](C(=O)NC(Cc1ccc(N=C(N)N)cc1)C(=O)C(F)(F)F)c1ccc2ccccc2c1. The molecule has 4 aromatic rings. The number of nitrogens with two attached hydrogens (primary N) is 2. The fourth-order valence-electron chi connectivity index (χ4n) is 5.19. The van der Waals surface area contributed by atoms with E-state index in [1.165, 1.54) is 24.3 Å². The molecule has 3 atom stereocenters. The maximum absolute atomic E-state index is 14.0. The predicted octanol–water partition coefficient (Wildman–Crippen LogP) is 4.90. The van der Waals surface area contributed by atoms with Gasteiger partial charge < -0.3 is 32.2 Å². The van der Waals surface area contributed by atoms with Crippen molar-refractivity contribution in [1.29, 1.82) is 0 Å². The van der Waals surface area contributed by atoms with Crippen LogP contribution in [0.4, 0.5) is 23.7 Å². The van der Waals surface area contributed by atoms with Crippen LogP contribution in [-0.2, 0) is 32.0 Å². The van der Waals surface area contributed by atoms with Crippen molar-refractivity contribution in [3.63, 3.8) is 0 Å². The Morgan fingerprint density at radius 3 is 1.90 bits per heavy atom. The minimum absolute atomic E-state index is 0.0109. The van der Waals surface area contributed by atoms with Crippen molar-refractivity contribution >= 4 is 46.1 Å². The third-order valence-electron chi connectivity index (χ3n) is 7.49. The van der Waals surface area contributed by atoms with Gasteiger partial charge in [-0.3, -0.25) is 14.4 Å². The maximum atomic E-state index is 14.0. The molecule has 51 heavy (non-hydrogen) atoms. The van der Waals surface area contributed by atoms with Crippen LogP contribution in [0.25, 0.3) is 10.8 Å². The largest absolute Gasteiger partial charge is 0.452 e. The lowest BCUT2D eigenvalue weighted by molar-refractivity contribution is -0.173. The van der Waals surface area contributed by atoms with Crippen LogP contribution in [0.1, 0.15) is 43.5 Å². The number of guanidine groups is 1. The normalized spacial score (nSPS) is 13.3. The quantitative estimate of drug-likeness (QED) is 0.103. The summed E-state index contributed by atoms with van der Waals surface area (Å²) in [5.74, 6) is -4.34. The van der Waals surface area contributed by atoms with Crippen molar-refractivity contribution in [3.05, 3.63) is 114 Å². The molecule has 0 aliphatic carbocycles. The number of hydrogen-bond donors (Lipinski definition) is 5. The molecule has 0 radical (unpaired) electrons. The van der Waals surface area contributed by atoms with Gasteiger partial charge in [-0.1, -0.05) is 78.9 Å². The Labute approximate surface area is 292 Å². The molecule has 0 aliphatic heterocycles. The van der Waals surface area contributed by atoms with E-state index in [-0.39, 0.29) is 23.5 Å². The van der Waals surface area contributed by atoms with Gasteiger partial charge in [-0.25, -0.2) is 9.79 Å². The predicted molar refractivity (Wildman–Crippen MR) is 187 cm³/mol. The third kappa shape index (κ3) is 11.3. The van der Waals surface area contributed by atoms with Crippen LogP contribution >= 0.6 is 0 Å². The highest BCUT2D eigenvalue weighted by molar-refractivity contribution is 5.97. The Kier molecular flexibility index (Phi) is 12.0. The molecule has 7 N–H and O–H groups in total. The Hall–Kier alpha value is -5.92. The van der Waals surface area contributed by atoms with Crippen LogP contribution in [0.3, 0.4) is 0 Å². The molecule has 0 saturated carbocycles. The zero-order valence-electron chi connectivity index (χ0n) is 28.2. The van der Waals surface area contributed by atoms with E-state index in [0.717, 1.165) is 5.39 Å². The number of nitrogens with one attached hydrogen (secondary N) is 3. The molecule has 0 fully saturated rings. The molecule has 0 aromatic heterocycles. The number of carbonyl (C=O) groups is 4. The van der Waals surface area contributed by atoms with E-state index in [9.17, 15) is 32.3 Å². The molecule has 3 amide bonds. The van der Waals surface area contributed by atoms with E-state index >= 15 is 0 Å². The first-order valence-electron chi connectivity index (χ1n) is 15.9. The van der Waals surface area contributed by atoms with E-state index in [4.69, 9.17) is 16.2 Å². The van der Waals surface area contributed by atoms with Gasteiger partial charge in [0.15, 0.2) is 5.96 Å². The van der Waals surface area contributed by atoms with Gasteiger partial charge in [-0.15, -0.1) is 0 Å². The van der Waals surface area contributed by atoms with Crippen molar-refractivity contribution in [2.45, 2.75) is 63.5 Å². The Morgan fingerprint density at radius 2 is 1.29 bits per heavy atom. The standard InChI is InChI=1S/C37H39F3N6O5/c1-36(2,3)51-35(50)45-29(20-22-9-5-4-6-10-22)32(48)46-30(26-16-15-24-11-7-8-12-25(24)21-26)33(49)44-28(31(47)37(38,39)40)19-23-13-17-27(18-14-23)43-34(41)42/h4-18,21,28-30H,19-20H2,1-3H3,(H,44,49)(H,45,50)(H,46,48)(H4,41,42,43)/t28?,29-,30+/m1/s1. The molecule has 268 valence electrons. The van der Waals surface area contributed by atoms with E-state index in [1.807, 2.05) is 12.1 Å². The molecule has 0 bridgehead atoms. The van der Waals surface area contributed by atoms with Crippen LogP contribution in [0.15, 0.2) is 102 Å². The van der Waals surface area contributed by atoms with Gasteiger partial charge >= 0.3 is 12.3 Å². The lowest BCUT2D eigenvalue weighted by Crippen LogP contribution is -2.54. The van der Waals surface area contributed by atoms with Crippen molar-refractivity contribution < 1.29 is 37.1 Å². The van der Waals surface area contributed by atoms with Crippen LogP contribution in [0, 0.1) is 0 Å². The Morgan fingerprint density at radius 1 is 0.706 bits per heavy atom. The number of alkyl halides is 3. The summed E-state index contributed by atoms with van der Waals surface area (Å²) in [5.41, 5.74) is 11.4. The van der Waals surface area contributed by atoms with E-state index < -0.39 is 60.0 Å². The van der Waals surface area contributed by atoms with Gasteiger partial charge in [-0.2, -0.15) is 13.2 Å². The number of Topliss-reactive ketones (excluding diaryl/α,β-unsaturated/α-hetero) is 1. The minimum Gasteiger partial charge on any atom is -0.444 e. The van der Waals surface area contributed by atoms with Gasteiger partial charge in [0.1, 0.15) is 23.7 Å². The number of hydrogen-bond acceptors (Lipinski definition) is 6. The number of nitrogens with zero attached hydrogens (tertiary/aromatic N) is 1. The second kappa shape index (κ2) is 16.2. The number of aliphatic imine (C=N–C) groups is 1. The number of alkyl carbamates (subject to hydrolysis) is 1. The number of halogens is 3. The highest BCUT2D eigenvalue weighted by atomic mass is 19.4. The summed E-state index contributed by atoms with van der Waals surface area (Å²) >= 11 is 0. The summed E-state index contributed by atoms with van der Waals surface area (Å²) < 4.78 is 46.9. The first-order valence-corrected chi connectivity index (χ1v) is 15.9. The number of fused-ring (bicyclic) bond motifs is 1. The zero-order chi connectivity index (χ0) is 37.3. The monoisotopic (exact) mass is 704 g/mol. The number of ether oxygens (including phenoxy) is 1. The molecule has 1 unspecified atom stereocenters. The zero-order valence-corrected chi connectivity index (χ0v) is 28.2. The van der Waals surface area contributed by atoms with E-state index in [0.29, 0.717) is 16.6 Å². The molecule has 14 heteroatoms. The molecule has 0 spiro atoms. The summed E-state index contributed by atoms with van der Waals surface area (Å²) in [6.45, 7) is 4.95. The summed E-state index contributed by atoms with van der Waals surface area (Å²) in [7, 11) is 0. The van der Waals surface area contributed by atoms with Gasteiger partial charge in [-0.05, 0) is 66.4 Å². The van der Waals surface area contributed by atoms with Crippen LogP contribution in [-0.4, -0.2) is 53.5 Å². The number of rotatable bonds is 12. The Balaban J connectivity index is 1.69. The summed E-state index contributed by atoms with van der Waals surface area (Å²) in [5, 5.41) is 8.86. The second-order valence-electron chi connectivity index (χ2n) is 12.8. The highest BCUT2D eigenvalue weighted by Gasteiger charge is 2.44. The maximum Gasteiger partial charge on any atom is 0.452 e. The van der Waals surface area contributed by atoms with Crippen molar-refractivity contribution in [3.8, 4) is 0 Å². The summed E-state index contributed by atoms with van der Waals surface area (Å²) in [4.78, 5) is 57.3. The topological polar surface area (TPSA) is 178 Å². The van der Waals surface area contributed by atoms with Crippen molar-refractivity contribution in [2.75, 3.05) is 0 Å². The lowest BCUT2D eigenvalue weighted by Gasteiger charge is -2.27. The minimum atomic E-state index is -5.30. The molecular formula is C37H39F3N6O5. The fourth-order valence-corrected chi connectivity index (χ4v) is 5.19. The molecule has 4 aromatic carbocycles. The number of benzene rings is 4. The average molecular weight is 705 g/mol. The number of carbonyl (C=O) groups excluding carboxylic acids is 4. The second-order valence-corrected chi connectivity index (χ2v) is 12.8. The van der Waals surface area contributed by atoms with Gasteiger partial charge in [0.05, 0.1) is 5.69 Å². The van der Waals surface area contributed by atoms with E-state index in [2.05, 4.69) is 20.9 Å². The van der Waals surface area contributed by atoms with Crippen LogP contribution in [0.2, 0.25) is 0 Å². The van der Waals surface area contributed by atoms with Gasteiger partial charge in [0, 0.05) is 12.8 Å². The first kappa shape index (κ1) is 37.9. The summed E-state index contributed by atoms with van der Waals surface area (Å²) in [6.07, 6.45) is -6.74. The number of amides is 3. The summed E-state index contributed by atoms with van der Waals surface area (Å²) in [6, 6.07) is 21.5. The lowest BCUT2D eigenvalue weighted by atomic mass is 9.98. The fraction of sp³-hybridized carbons (Fsp3) is 0.270. The number of ketones is 1. The molecule has 11 nitrogen and oxygen atoms in total. The molecule has 0 aliphatic rings. The van der Waals surface area contributed by atoms with Crippen molar-refractivity contribution in [2.24, 2.45) is 16.5 Å². The van der Waals surface area contributed by atoms with Crippen molar-refractivity contribution in [1.82, 2.24) is 16.0 Å². The first-order chi connectivity index (χ1) is 24.0.